The molecule has 71 heavy (non-hydrogen) atoms. The van der Waals surface area contributed by atoms with E-state index in [4.69, 9.17) is 111 Å². The SMILES string of the molecule is CC1COB2OB(OB(C(C)(C)C)O2)OC(C)COB2OB(OB(OC(C)CC(C)(C)OB3OB4OCC(C)OB5OB(OC(C)CC(C)(C)OC(C)(C)C)OB(O5)OC(C)(C)CC(C)OB(O4)O3)O2)O1. The van der Waals surface area contributed by atoms with Gasteiger partial charge in [-0.15, -0.1) is 0 Å². The second kappa shape index (κ2) is 25.5. The fourth-order valence-corrected chi connectivity index (χ4v) is 8.24. The van der Waals surface area contributed by atoms with Crippen LogP contribution in [0.5, 0.6) is 0 Å². The minimum absolute atomic E-state index is 0.00452. The molecular weight excluding hydrogens is 934 g/mol. The Labute approximate surface area is 425 Å². The van der Waals surface area contributed by atoms with Gasteiger partial charge in [-0.25, -0.2) is 0 Å². The van der Waals surface area contributed by atoms with Crippen LogP contribution in [-0.4, -0.2) is 167 Å². The number of rotatable bonds is 11. The first-order valence-corrected chi connectivity index (χ1v) is 24.6. The molecule has 8 bridgehead atoms. The third-order valence-electron chi connectivity index (χ3n) is 10.6. The summed E-state index contributed by atoms with van der Waals surface area (Å²) in [6.07, 6.45) is -2.05. The van der Waals surface area contributed by atoms with Crippen molar-refractivity contribution in [1.29, 1.82) is 0 Å². The van der Waals surface area contributed by atoms with Gasteiger partial charge in [0.25, 0.3) is 0 Å². The van der Waals surface area contributed by atoms with Crippen LogP contribution < -0.4 is 0 Å². The molecule has 6 atom stereocenters. The molecule has 6 rings (SSSR count). The zero-order chi connectivity index (χ0) is 52.1. The molecule has 36 heteroatoms. The van der Waals surface area contributed by atoms with E-state index in [-0.39, 0.29) is 37.9 Å². The maximum Gasteiger partial charge on any atom is 0.615 e. The van der Waals surface area contributed by atoms with Crippen LogP contribution >= 0.6 is 0 Å². The van der Waals surface area contributed by atoms with E-state index in [2.05, 4.69) is 0 Å². The van der Waals surface area contributed by atoms with E-state index in [9.17, 15) is 0 Å². The van der Waals surface area contributed by atoms with E-state index in [1.807, 2.05) is 104 Å². The Morgan fingerprint density at radius 2 is 0.831 bits per heavy atom. The van der Waals surface area contributed by atoms with Crippen LogP contribution in [0.4, 0.5) is 0 Å². The summed E-state index contributed by atoms with van der Waals surface area (Å²) in [4.78, 5) is 0. The highest BCUT2D eigenvalue weighted by Gasteiger charge is 2.55. The molecule has 0 aliphatic carbocycles. The van der Waals surface area contributed by atoms with Gasteiger partial charge >= 0.3 is 87.7 Å². The Balaban J connectivity index is 1.03. The van der Waals surface area contributed by atoms with E-state index in [1.54, 1.807) is 20.8 Å². The lowest BCUT2D eigenvalue weighted by atomic mass is 9.58. The fraction of sp³-hybridized carbons (Fsp3) is 1.00. The van der Waals surface area contributed by atoms with E-state index in [0.29, 0.717) is 12.8 Å². The summed E-state index contributed by atoms with van der Waals surface area (Å²) < 4.78 is 145. The lowest BCUT2D eigenvalue weighted by molar-refractivity contribution is -0.127. The Kier molecular flexibility index (Phi) is 21.6. The summed E-state index contributed by atoms with van der Waals surface area (Å²) in [7, 11) is -14.3. The molecule has 6 saturated heterocycles. The molecule has 0 N–H and O–H groups in total. The molecule has 24 nitrogen and oxygen atoms in total. The topological polar surface area (TPSA) is 222 Å². The molecule has 6 unspecified atom stereocenters. The standard InChI is InChI=1S/C35H72B12O24/c1-25(19-33(13,14)57-32(10,11)12)51-43-68-45-56-30(6)24-50-39-65-42(53-27(3)21-35(17,18)59-47(70-43)71-45)69-46(66-39)58-34(15,16)20-26(2)52-41-63-38-49-23-28(4)54-40-61-36(31(7,8)9)60-37(62-40)48-22-29(5)55-44(64-38)67-41/h25-30H,19-24H2,1-18H3. The average molecular weight is 1010 g/mol. The molecule has 392 valence electrons. The normalized spacial score (nSPS) is 27.6. The molecule has 0 aromatic rings. The van der Waals surface area contributed by atoms with Gasteiger partial charge in [-0.1, -0.05) is 20.8 Å². The van der Waals surface area contributed by atoms with Gasteiger partial charge in [-0.2, -0.15) is 0 Å². The summed E-state index contributed by atoms with van der Waals surface area (Å²) >= 11 is 0. The van der Waals surface area contributed by atoms with Crippen molar-refractivity contribution in [3.8, 4) is 0 Å². The van der Waals surface area contributed by atoms with Gasteiger partial charge in [-0.05, 0) is 122 Å². The number of fused-ring (bicyclic) bond motifs is 8. The van der Waals surface area contributed by atoms with Crippen molar-refractivity contribution in [2.75, 3.05) is 19.8 Å². The number of hydrogen-bond donors (Lipinski definition) is 0. The van der Waals surface area contributed by atoms with Crippen LogP contribution in [0, 0.1) is 0 Å². The summed E-state index contributed by atoms with van der Waals surface area (Å²) in [5, 5.41) is -0.401. The first-order valence-electron chi connectivity index (χ1n) is 24.6. The maximum atomic E-state index is 6.38. The van der Waals surface area contributed by atoms with Gasteiger partial charge in [0.2, 0.25) is 0 Å². The zero-order valence-corrected chi connectivity index (χ0v) is 44.9. The van der Waals surface area contributed by atoms with E-state index in [1.165, 1.54) is 0 Å². The second-order valence-electron chi connectivity index (χ2n) is 22.5. The van der Waals surface area contributed by atoms with E-state index < -0.39 is 140 Å². The maximum absolute atomic E-state index is 6.38. The average Bonchev–Trinajstić information content (AvgIpc) is 3.18. The van der Waals surface area contributed by atoms with Gasteiger partial charge in [0.15, 0.2) is 0 Å². The fourth-order valence-electron chi connectivity index (χ4n) is 8.24. The molecule has 0 aromatic carbocycles. The van der Waals surface area contributed by atoms with Crippen molar-refractivity contribution in [3.63, 3.8) is 0 Å². The van der Waals surface area contributed by atoms with Crippen molar-refractivity contribution < 1.29 is 111 Å². The van der Waals surface area contributed by atoms with Crippen molar-refractivity contribution in [2.24, 2.45) is 0 Å². The second-order valence-corrected chi connectivity index (χ2v) is 22.5. The van der Waals surface area contributed by atoms with Gasteiger partial charge in [0.05, 0.1) is 60.5 Å². The van der Waals surface area contributed by atoms with Gasteiger partial charge in [0.1, 0.15) is 0 Å². The minimum Gasteiger partial charge on any atom is -0.426 e. The highest BCUT2D eigenvalue weighted by atomic mass is 16.9. The van der Waals surface area contributed by atoms with E-state index in [0.717, 1.165) is 0 Å². The molecule has 0 amide bonds. The van der Waals surface area contributed by atoms with Crippen LogP contribution in [0.3, 0.4) is 0 Å². The van der Waals surface area contributed by atoms with Gasteiger partial charge in [0, 0.05) is 24.7 Å². The number of ether oxygens (including phenoxy) is 1. The van der Waals surface area contributed by atoms with Crippen molar-refractivity contribution in [1.82, 2.24) is 0 Å². The molecule has 0 spiro atoms. The van der Waals surface area contributed by atoms with Crippen molar-refractivity contribution >= 4 is 87.7 Å². The van der Waals surface area contributed by atoms with Crippen LogP contribution in [-0.2, 0) is 111 Å². The zero-order valence-electron chi connectivity index (χ0n) is 44.9. The van der Waals surface area contributed by atoms with Crippen LogP contribution in [0.2, 0.25) is 5.31 Å². The molecule has 0 radical (unpaired) electrons. The first kappa shape index (κ1) is 60.1. The molecule has 6 aliphatic heterocycles. The molecule has 6 heterocycles. The highest BCUT2D eigenvalue weighted by Crippen LogP contribution is 2.33. The monoisotopic (exact) mass is 1010 g/mol. The molecule has 6 aliphatic rings. The Hall–Kier alpha value is -0.181. The molecule has 0 saturated carbocycles. The smallest absolute Gasteiger partial charge is 0.426 e. The molecule has 0 aromatic heterocycles. The lowest BCUT2D eigenvalue weighted by Gasteiger charge is -2.38. The quantitative estimate of drug-likeness (QED) is 0.271. The molecule has 6 fully saturated rings. The molecular formula is C35H72B12O24. The lowest BCUT2D eigenvalue weighted by Crippen LogP contribution is -2.57. The number of hydrogen-bond acceptors (Lipinski definition) is 24. The van der Waals surface area contributed by atoms with Crippen LogP contribution in [0.25, 0.3) is 0 Å². The Bertz CT molecular complexity index is 1630. The van der Waals surface area contributed by atoms with Gasteiger partial charge in [-0.3, -0.25) is 0 Å². The largest absolute Gasteiger partial charge is 0.615 e. The minimum atomic E-state index is -1.33. The van der Waals surface area contributed by atoms with Crippen LogP contribution in [0.15, 0.2) is 0 Å². The Morgan fingerprint density at radius 3 is 1.31 bits per heavy atom. The third-order valence-corrected chi connectivity index (χ3v) is 10.6. The summed E-state index contributed by atoms with van der Waals surface area (Å²) in [6.45, 7) is 34.2. The Morgan fingerprint density at radius 1 is 0.465 bits per heavy atom. The van der Waals surface area contributed by atoms with Crippen LogP contribution in [0.1, 0.15) is 144 Å². The van der Waals surface area contributed by atoms with Crippen molar-refractivity contribution in [2.45, 2.75) is 208 Å². The summed E-state index contributed by atoms with van der Waals surface area (Å²) in [5.41, 5.74) is -2.70. The summed E-state index contributed by atoms with van der Waals surface area (Å²) in [5.74, 6) is 0. The predicted octanol–water partition coefficient (Wildman–Crippen LogP) is 3.22. The first-order chi connectivity index (χ1) is 32.9. The summed E-state index contributed by atoms with van der Waals surface area (Å²) in [6, 6.07) is 0. The predicted molar refractivity (Wildman–Crippen MR) is 262 cm³/mol. The van der Waals surface area contributed by atoms with Crippen molar-refractivity contribution in [3.05, 3.63) is 0 Å². The van der Waals surface area contributed by atoms with E-state index >= 15 is 0 Å². The highest BCUT2D eigenvalue weighted by molar-refractivity contribution is 6.71. The third kappa shape index (κ3) is 20.9. The van der Waals surface area contributed by atoms with Gasteiger partial charge < -0.3 is 111 Å².